The van der Waals surface area contributed by atoms with E-state index in [0.29, 0.717) is 12.2 Å². The molecule has 0 spiro atoms. The van der Waals surface area contributed by atoms with Crippen molar-refractivity contribution in [1.29, 1.82) is 0 Å². The van der Waals surface area contributed by atoms with Gasteiger partial charge in [0, 0.05) is 18.3 Å². The SMILES string of the molecule is CC(C)=CCC/C(C)=C/CC/C(C)=C/CNc1ccc(C(=O)O)c(O)c1. The van der Waals surface area contributed by atoms with Gasteiger partial charge in [0.15, 0.2) is 0 Å². The van der Waals surface area contributed by atoms with E-state index in [-0.39, 0.29) is 11.3 Å². The van der Waals surface area contributed by atoms with Crippen LogP contribution in [0.4, 0.5) is 5.69 Å². The Morgan fingerprint density at radius 2 is 1.62 bits per heavy atom. The molecule has 0 heterocycles. The number of rotatable bonds is 10. The second kappa shape index (κ2) is 11.2. The molecule has 0 aliphatic carbocycles. The second-order valence-corrected chi connectivity index (χ2v) is 6.88. The van der Waals surface area contributed by atoms with Crippen molar-refractivity contribution in [2.24, 2.45) is 0 Å². The van der Waals surface area contributed by atoms with Gasteiger partial charge >= 0.3 is 5.97 Å². The number of benzene rings is 1. The van der Waals surface area contributed by atoms with Crippen molar-refractivity contribution in [1.82, 2.24) is 0 Å². The summed E-state index contributed by atoms with van der Waals surface area (Å²) in [4.78, 5) is 10.9. The fourth-order valence-corrected chi connectivity index (χ4v) is 2.50. The van der Waals surface area contributed by atoms with Crippen LogP contribution in [-0.4, -0.2) is 22.7 Å². The van der Waals surface area contributed by atoms with E-state index in [1.807, 2.05) is 0 Å². The monoisotopic (exact) mass is 357 g/mol. The molecule has 4 nitrogen and oxygen atoms in total. The quantitative estimate of drug-likeness (QED) is 0.454. The molecule has 0 radical (unpaired) electrons. The molecule has 0 aliphatic heterocycles. The number of aromatic hydroxyl groups is 1. The molecule has 0 aromatic heterocycles. The third-order valence-electron chi connectivity index (χ3n) is 4.11. The predicted molar refractivity (Wildman–Crippen MR) is 109 cm³/mol. The van der Waals surface area contributed by atoms with Crippen molar-refractivity contribution in [3.8, 4) is 5.75 Å². The highest BCUT2D eigenvalue weighted by Gasteiger charge is 2.09. The molecular weight excluding hydrogens is 326 g/mol. The van der Waals surface area contributed by atoms with E-state index in [1.54, 1.807) is 6.07 Å². The number of hydrogen-bond acceptors (Lipinski definition) is 3. The minimum Gasteiger partial charge on any atom is -0.507 e. The van der Waals surface area contributed by atoms with Gasteiger partial charge in [-0.15, -0.1) is 0 Å². The minimum atomic E-state index is -1.13. The molecule has 142 valence electrons. The summed E-state index contributed by atoms with van der Waals surface area (Å²) < 4.78 is 0. The number of carbonyl (C=O) groups is 1. The van der Waals surface area contributed by atoms with Crippen molar-refractivity contribution in [3.05, 3.63) is 58.7 Å². The van der Waals surface area contributed by atoms with Crippen LogP contribution in [0.15, 0.2) is 53.1 Å². The lowest BCUT2D eigenvalue weighted by atomic mass is 10.1. The first kappa shape index (κ1) is 21.6. The maximum absolute atomic E-state index is 10.9. The molecule has 0 bridgehead atoms. The third-order valence-corrected chi connectivity index (χ3v) is 4.11. The van der Waals surface area contributed by atoms with Gasteiger partial charge < -0.3 is 15.5 Å². The molecule has 4 heteroatoms. The van der Waals surface area contributed by atoms with E-state index in [9.17, 15) is 9.90 Å². The van der Waals surface area contributed by atoms with Gasteiger partial charge in [0.1, 0.15) is 11.3 Å². The first-order chi connectivity index (χ1) is 12.3. The van der Waals surface area contributed by atoms with Crippen molar-refractivity contribution < 1.29 is 15.0 Å². The van der Waals surface area contributed by atoms with Crippen LogP contribution < -0.4 is 5.32 Å². The van der Waals surface area contributed by atoms with Crippen LogP contribution in [0.1, 0.15) is 63.7 Å². The number of nitrogens with one attached hydrogen (secondary N) is 1. The standard InChI is InChI=1S/C22H31NO3/c1-16(2)7-5-8-17(3)9-6-10-18(4)13-14-23-19-11-12-20(22(25)26)21(24)15-19/h7,9,11-13,15,23-24H,5-6,8,10,14H2,1-4H3,(H,25,26)/b17-9+,18-13+. The highest BCUT2D eigenvalue weighted by atomic mass is 16.4. The van der Waals surface area contributed by atoms with Gasteiger partial charge in [-0.2, -0.15) is 0 Å². The first-order valence-electron chi connectivity index (χ1n) is 9.04. The van der Waals surface area contributed by atoms with Crippen molar-refractivity contribution >= 4 is 11.7 Å². The molecule has 1 rings (SSSR count). The zero-order chi connectivity index (χ0) is 19.5. The average Bonchev–Trinajstić information content (AvgIpc) is 2.54. The van der Waals surface area contributed by atoms with Crippen LogP contribution in [-0.2, 0) is 0 Å². The van der Waals surface area contributed by atoms with Gasteiger partial charge in [-0.05, 0) is 65.5 Å². The largest absolute Gasteiger partial charge is 0.507 e. The van der Waals surface area contributed by atoms with Crippen LogP contribution in [0.25, 0.3) is 0 Å². The minimum absolute atomic E-state index is 0.0889. The molecule has 0 saturated heterocycles. The fraction of sp³-hybridized carbons (Fsp3) is 0.409. The summed E-state index contributed by atoms with van der Waals surface area (Å²) in [6.45, 7) is 9.19. The summed E-state index contributed by atoms with van der Waals surface area (Å²) >= 11 is 0. The normalized spacial score (nSPS) is 12.0. The van der Waals surface area contributed by atoms with E-state index in [0.717, 1.165) is 25.7 Å². The Kier molecular flexibility index (Phi) is 9.27. The molecule has 0 saturated carbocycles. The van der Waals surface area contributed by atoms with E-state index < -0.39 is 5.97 Å². The Labute approximate surface area is 157 Å². The van der Waals surface area contributed by atoms with Gasteiger partial charge in [0.05, 0.1) is 0 Å². The summed E-state index contributed by atoms with van der Waals surface area (Å²) in [7, 11) is 0. The smallest absolute Gasteiger partial charge is 0.339 e. The summed E-state index contributed by atoms with van der Waals surface area (Å²) in [6, 6.07) is 4.50. The van der Waals surface area contributed by atoms with Gasteiger partial charge in [-0.1, -0.05) is 34.9 Å². The number of carboxylic acid groups (broad SMARTS) is 1. The lowest BCUT2D eigenvalue weighted by Crippen LogP contribution is -2.01. The molecule has 26 heavy (non-hydrogen) atoms. The highest BCUT2D eigenvalue weighted by molar-refractivity contribution is 5.91. The van der Waals surface area contributed by atoms with E-state index in [2.05, 4.69) is 51.2 Å². The van der Waals surface area contributed by atoms with E-state index >= 15 is 0 Å². The maximum Gasteiger partial charge on any atom is 0.339 e. The Morgan fingerprint density at radius 3 is 2.19 bits per heavy atom. The predicted octanol–water partition coefficient (Wildman–Crippen LogP) is 5.92. The van der Waals surface area contributed by atoms with E-state index in [4.69, 9.17) is 5.11 Å². The zero-order valence-electron chi connectivity index (χ0n) is 16.3. The molecule has 1 aromatic rings. The number of phenols is 1. The molecule has 0 amide bonds. The van der Waals surface area contributed by atoms with Gasteiger partial charge in [0.2, 0.25) is 0 Å². The molecule has 0 fully saturated rings. The highest BCUT2D eigenvalue weighted by Crippen LogP contribution is 2.22. The zero-order valence-corrected chi connectivity index (χ0v) is 16.3. The van der Waals surface area contributed by atoms with Crippen LogP contribution in [0.2, 0.25) is 0 Å². The molecule has 0 atom stereocenters. The lowest BCUT2D eigenvalue weighted by Gasteiger charge is -2.07. The third kappa shape index (κ3) is 8.56. The fourth-order valence-electron chi connectivity index (χ4n) is 2.50. The van der Waals surface area contributed by atoms with Crippen molar-refractivity contribution in [2.45, 2.75) is 53.4 Å². The van der Waals surface area contributed by atoms with Crippen molar-refractivity contribution in [3.63, 3.8) is 0 Å². The summed E-state index contributed by atoms with van der Waals surface area (Å²) in [6.07, 6.45) is 11.0. The Hall–Kier alpha value is -2.49. The van der Waals surface area contributed by atoms with Crippen LogP contribution in [0, 0.1) is 0 Å². The summed E-state index contributed by atoms with van der Waals surface area (Å²) in [5.74, 6) is -1.36. The van der Waals surface area contributed by atoms with Gasteiger partial charge in [0.25, 0.3) is 0 Å². The lowest BCUT2D eigenvalue weighted by molar-refractivity contribution is 0.0694. The number of anilines is 1. The van der Waals surface area contributed by atoms with Crippen LogP contribution >= 0.6 is 0 Å². The molecular formula is C22H31NO3. The second-order valence-electron chi connectivity index (χ2n) is 6.88. The van der Waals surface area contributed by atoms with Gasteiger partial charge in [-0.25, -0.2) is 4.79 Å². The summed E-state index contributed by atoms with van der Waals surface area (Å²) in [5.41, 5.74) is 4.72. The van der Waals surface area contributed by atoms with Crippen LogP contribution in [0.3, 0.4) is 0 Å². The molecule has 3 N–H and O–H groups in total. The van der Waals surface area contributed by atoms with Crippen molar-refractivity contribution in [2.75, 3.05) is 11.9 Å². The number of allylic oxidation sites excluding steroid dienone is 5. The average molecular weight is 357 g/mol. The molecule has 0 unspecified atom stereocenters. The van der Waals surface area contributed by atoms with E-state index in [1.165, 1.54) is 28.9 Å². The molecule has 1 aromatic carbocycles. The number of hydrogen-bond donors (Lipinski definition) is 3. The maximum atomic E-state index is 10.9. The number of aromatic carboxylic acids is 1. The van der Waals surface area contributed by atoms with Crippen LogP contribution in [0.5, 0.6) is 5.75 Å². The Balaban J connectivity index is 2.39. The number of carboxylic acids is 1. The first-order valence-corrected chi connectivity index (χ1v) is 9.04. The topological polar surface area (TPSA) is 69.6 Å². The summed E-state index contributed by atoms with van der Waals surface area (Å²) in [5, 5.41) is 21.8. The molecule has 0 aliphatic rings. The Morgan fingerprint density at radius 1 is 1.00 bits per heavy atom. The Bertz CT molecular complexity index is 695. The van der Waals surface area contributed by atoms with Gasteiger partial charge in [-0.3, -0.25) is 0 Å².